The van der Waals surface area contributed by atoms with Crippen molar-refractivity contribution in [2.45, 2.75) is 19.3 Å². The molecule has 1 fully saturated rings. The molecule has 1 aliphatic heterocycles. The molecule has 2 rings (SSSR count). The molecule has 25 heavy (non-hydrogen) atoms. The molecule has 0 saturated carbocycles. The molecule has 0 bridgehead atoms. The van der Waals surface area contributed by atoms with Crippen LogP contribution in [0, 0.1) is 0 Å². The second-order valence-electron chi connectivity index (χ2n) is 6.66. The van der Waals surface area contributed by atoms with E-state index in [2.05, 4.69) is 38.5 Å². The predicted octanol–water partition coefficient (Wildman–Crippen LogP) is 2.08. The van der Waals surface area contributed by atoms with E-state index >= 15 is 0 Å². The molecule has 0 aliphatic carbocycles. The predicted molar refractivity (Wildman–Crippen MR) is 108 cm³/mol. The van der Waals surface area contributed by atoms with Crippen LogP contribution < -0.4 is 10.6 Å². The molecular formula is C19H32ClN5. The Bertz CT molecular complexity index is 534. The highest BCUT2D eigenvalue weighted by Gasteiger charge is 2.11. The largest absolute Gasteiger partial charge is 0.356 e. The molecule has 2 N–H and O–H groups in total. The Morgan fingerprint density at radius 2 is 2.00 bits per heavy atom. The van der Waals surface area contributed by atoms with Gasteiger partial charge in [0.15, 0.2) is 5.96 Å². The third-order valence-corrected chi connectivity index (χ3v) is 4.81. The van der Waals surface area contributed by atoms with Crippen molar-refractivity contribution in [3.63, 3.8) is 0 Å². The number of aliphatic imine (C=N–C) groups is 1. The molecule has 0 spiro atoms. The van der Waals surface area contributed by atoms with E-state index in [1.54, 1.807) is 0 Å². The molecule has 0 aromatic heterocycles. The van der Waals surface area contributed by atoms with Crippen LogP contribution in [0.3, 0.4) is 0 Å². The molecule has 1 aliphatic rings. The molecule has 0 radical (unpaired) electrons. The molecular weight excluding hydrogens is 334 g/mol. The molecule has 0 unspecified atom stereocenters. The molecule has 1 aromatic carbocycles. The maximum absolute atomic E-state index is 6.02. The summed E-state index contributed by atoms with van der Waals surface area (Å²) in [6.45, 7) is 7.75. The Labute approximate surface area is 157 Å². The van der Waals surface area contributed by atoms with Gasteiger partial charge in [-0.15, -0.1) is 0 Å². The lowest BCUT2D eigenvalue weighted by Gasteiger charge is -2.20. The Morgan fingerprint density at radius 3 is 2.80 bits per heavy atom. The van der Waals surface area contributed by atoms with Gasteiger partial charge in [-0.05, 0) is 63.6 Å². The van der Waals surface area contributed by atoms with E-state index in [9.17, 15) is 0 Å². The van der Waals surface area contributed by atoms with Gasteiger partial charge in [-0.1, -0.05) is 23.7 Å². The van der Waals surface area contributed by atoms with Crippen molar-refractivity contribution < 1.29 is 0 Å². The van der Waals surface area contributed by atoms with Crippen LogP contribution in [-0.4, -0.2) is 75.7 Å². The van der Waals surface area contributed by atoms with Crippen molar-refractivity contribution in [3.8, 4) is 0 Å². The standard InChI is InChI=1S/C19H32ClN5/c1-21-19(23-10-8-17-6-3-7-18(20)16-17)22-9-4-12-25-13-5-11-24(2)14-15-25/h3,6-7,16H,4-5,8-15H2,1-2H3,(H2,21,22,23). The number of guanidine groups is 1. The molecule has 140 valence electrons. The van der Waals surface area contributed by atoms with Gasteiger partial charge >= 0.3 is 0 Å². The highest BCUT2D eigenvalue weighted by atomic mass is 35.5. The van der Waals surface area contributed by atoms with Crippen LogP contribution >= 0.6 is 11.6 Å². The lowest BCUT2D eigenvalue weighted by atomic mass is 10.1. The summed E-state index contributed by atoms with van der Waals surface area (Å²) >= 11 is 6.02. The minimum absolute atomic E-state index is 0.791. The van der Waals surface area contributed by atoms with Crippen molar-refractivity contribution in [3.05, 3.63) is 34.9 Å². The second kappa shape index (κ2) is 11.3. The number of hydrogen-bond donors (Lipinski definition) is 2. The van der Waals surface area contributed by atoms with E-state index in [0.717, 1.165) is 43.5 Å². The molecule has 6 heteroatoms. The van der Waals surface area contributed by atoms with Gasteiger partial charge in [0.2, 0.25) is 0 Å². The first-order valence-electron chi connectivity index (χ1n) is 9.27. The summed E-state index contributed by atoms with van der Waals surface area (Å²) in [7, 11) is 4.03. The summed E-state index contributed by atoms with van der Waals surface area (Å²) in [5, 5.41) is 7.57. The van der Waals surface area contributed by atoms with E-state index in [-0.39, 0.29) is 0 Å². The second-order valence-corrected chi connectivity index (χ2v) is 7.09. The fourth-order valence-corrected chi connectivity index (χ4v) is 3.28. The molecule has 5 nitrogen and oxygen atoms in total. The Morgan fingerprint density at radius 1 is 1.16 bits per heavy atom. The van der Waals surface area contributed by atoms with Crippen molar-refractivity contribution >= 4 is 17.6 Å². The summed E-state index contributed by atoms with van der Waals surface area (Å²) in [6.07, 6.45) is 3.35. The van der Waals surface area contributed by atoms with Gasteiger partial charge in [0.25, 0.3) is 0 Å². The van der Waals surface area contributed by atoms with Gasteiger partial charge in [0.05, 0.1) is 0 Å². The van der Waals surface area contributed by atoms with Gasteiger partial charge in [0, 0.05) is 38.2 Å². The van der Waals surface area contributed by atoms with Gasteiger partial charge in [-0.3, -0.25) is 4.99 Å². The number of hydrogen-bond acceptors (Lipinski definition) is 3. The van der Waals surface area contributed by atoms with Gasteiger partial charge in [-0.2, -0.15) is 0 Å². The zero-order valence-electron chi connectivity index (χ0n) is 15.6. The van der Waals surface area contributed by atoms with Crippen LogP contribution in [0.1, 0.15) is 18.4 Å². The van der Waals surface area contributed by atoms with Gasteiger partial charge in [0.1, 0.15) is 0 Å². The SMILES string of the molecule is CN=C(NCCCN1CCCN(C)CC1)NCCc1cccc(Cl)c1. The fourth-order valence-electron chi connectivity index (χ4n) is 3.07. The Kier molecular flexibility index (Phi) is 9.08. The summed E-state index contributed by atoms with van der Waals surface area (Å²) < 4.78 is 0. The van der Waals surface area contributed by atoms with Crippen molar-refractivity contribution in [2.24, 2.45) is 4.99 Å². The molecule has 1 aromatic rings. The Balaban J connectivity index is 1.58. The van der Waals surface area contributed by atoms with Gasteiger partial charge in [-0.25, -0.2) is 0 Å². The molecule has 0 amide bonds. The third-order valence-electron chi connectivity index (χ3n) is 4.57. The average Bonchev–Trinajstić information content (AvgIpc) is 2.81. The normalized spacial score (nSPS) is 17.3. The average molecular weight is 366 g/mol. The first-order chi connectivity index (χ1) is 12.2. The van der Waals surface area contributed by atoms with Crippen LogP contribution in [0.4, 0.5) is 0 Å². The fraction of sp³-hybridized carbons (Fsp3) is 0.632. The number of rotatable bonds is 7. The van der Waals surface area contributed by atoms with Crippen LogP contribution in [0.25, 0.3) is 0 Å². The zero-order chi connectivity index (χ0) is 17.9. The lowest BCUT2D eigenvalue weighted by molar-refractivity contribution is 0.274. The smallest absolute Gasteiger partial charge is 0.190 e. The number of nitrogens with one attached hydrogen (secondary N) is 2. The van der Waals surface area contributed by atoms with Crippen LogP contribution in [-0.2, 0) is 6.42 Å². The quantitative estimate of drug-likeness (QED) is 0.441. The van der Waals surface area contributed by atoms with Crippen LogP contribution in [0.15, 0.2) is 29.3 Å². The first-order valence-corrected chi connectivity index (χ1v) is 9.65. The maximum atomic E-state index is 6.02. The molecule has 1 heterocycles. The van der Waals surface area contributed by atoms with E-state index in [0.29, 0.717) is 0 Å². The summed E-state index contributed by atoms with van der Waals surface area (Å²) in [5.74, 6) is 0.873. The van der Waals surface area contributed by atoms with Crippen molar-refractivity contribution in [1.29, 1.82) is 0 Å². The summed E-state index contributed by atoms with van der Waals surface area (Å²) in [4.78, 5) is 9.28. The van der Waals surface area contributed by atoms with Crippen LogP contribution in [0.2, 0.25) is 5.02 Å². The highest BCUT2D eigenvalue weighted by molar-refractivity contribution is 6.30. The zero-order valence-corrected chi connectivity index (χ0v) is 16.4. The maximum Gasteiger partial charge on any atom is 0.190 e. The minimum atomic E-state index is 0.791. The number of nitrogens with zero attached hydrogens (tertiary/aromatic N) is 3. The number of likely N-dealkylation sites (N-methyl/N-ethyl adjacent to an activating group) is 1. The molecule has 0 atom stereocenters. The molecule has 1 saturated heterocycles. The van der Waals surface area contributed by atoms with E-state index in [1.165, 1.54) is 38.2 Å². The van der Waals surface area contributed by atoms with E-state index < -0.39 is 0 Å². The summed E-state index contributed by atoms with van der Waals surface area (Å²) in [6, 6.07) is 8.01. The summed E-state index contributed by atoms with van der Waals surface area (Å²) in [5.41, 5.74) is 1.24. The number of halogens is 1. The minimum Gasteiger partial charge on any atom is -0.356 e. The van der Waals surface area contributed by atoms with Crippen LogP contribution in [0.5, 0.6) is 0 Å². The van der Waals surface area contributed by atoms with Crippen molar-refractivity contribution in [1.82, 2.24) is 20.4 Å². The first kappa shape index (κ1) is 20.0. The number of benzene rings is 1. The third kappa shape index (κ3) is 8.08. The topological polar surface area (TPSA) is 42.9 Å². The van der Waals surface area contributed by atoms with Crippen molar-refractivity contribution in [2.75, 3.05) is 59.9 Å². The monoisotopic (exact) mass is 365 g/mol. The van der Waals surface area contributed by atoms with Gasteiger partial charge < -0.3 is 20.4 Å². The highest BCUT2D eigenvalue weighted by Crippen LogP contribution is 2.10. The Hall–Kier alpha value is -1.30. The lowest BCUT2D eigenvalue weighted by Crippen LogP contribution is -2.39. The van der Waals surface area contributed by atoms with E-state index in [1.807, 2.05) is 25.2 Å². The van der Waals surface area contributed by atoms with E-state index in [4.69, 9.17) is 11.6 Å².